The number of methoxy groups -OCH3 is 1. The first-order valence-corrected chi connectivity index (χ1v) is 6.76. The van der Waals surface area contributed by atoms with Crippen LogP contribution in [-0.4, -0.2) is 33.3 Å². The number of nitrogens with one attached hydrogen (secondary N) is 1. The predicted octanol–water partition coefficient (Wildman–Crippen LogP) is 2.91. The van der Waals surface area contributed by atoms with Gasteiger partial charge in [-0.3, -0.25) is 0 Å². The summed E-state index contributed by atoms with van der Waals surface area (Å²) in [6.45, 7) is 6.52. The molecule has 1 N–H and O–H groups in total. The first-order valence-electron chi connectivity index (χ1n) is 6.76. The fourth-order valence-corrected chi connectivity index (χ4v) is 2.06. The van der Waals surface area contributed by atoms with E-state index in [1.54, 1.807) is 7.11 Å². The molecule has 18 heavy (non-hydrogen) atoms. The summed E-state index contributed by atoms with van der Waals surface area (Å²) in [4.78, 5) is 2.28. The van der Waals surface area contributed by atoms with Crippen LogP contribution in [0.25, 0.3) is 0 Å². The molecule has 0 radical (unpaired) electrons. The third-order valence-electron chi connectivity index (χ3n) is 3.18. The molecule has 0 aliphatic carbocycles. The van der Waals surface area contributed by atoms with Crippen molar-refractivity contribution < 1.29 is 4.74 Å². The quantitative estimate of drug-likeness (QED) is 0.768. The molecule has 0 amide bonds. The van der Waals surface area contributed by atoms with Gasteiger partial charge in [0.2, 0.25) is 0 Å². The van der Waals surface area contributed by atoms with Crippen molar-refractivity contribution in [2.75, 3.05) is 32.1 Å². The lowest BCUT2D eigenvalue weighted by atomic mass is 10.1. The van der Waals surface area contributed by atoms with E-state index in [1.165, 1.54) is 18.5 Å². The smallest absolute Gasteiger partial charge is 0.120 e. The van der Waals surface area contributed by atoms with Gasteiger partial charge in [-0.05, 0) is 38.4 Å². The topological polar surface area (TPSA) is 24.5 Å². The Balaban J connectivity index is 2.37. The van der Waals surface area contributed by atoms with Crippen LogP contribution in [0.3, 0.4) is 0 Å². The van der Waals surface area contributed by atoms with Crippen molar-refractivity contribution in [2.24, 2.45) is 0 Å². The standard InChI is InChI=1S/C15H26N2O/c1-5-16-13(2)8-7-11-17(3)14-9-6-10-15(12-14)18-4/h6,9-10,12-13,16H,5,7-8,11H2,1-4H3. The van der Waals surface area contributed by atoms with Crippen molar-refractivity contribution in [3.8, 4) is 5.75 Å². The SMILES string of the molecule is CCNC(C)CCCN(C)c1cccc(OC)c1. The number of hydrogen-bond donors (Lipinski definition) is 1. The summed E-state index contributed by atoms with van der Waals surface area (Å²) in [7, 11) is 3.84. The molecule has 0 aromatic heterocycles. The number of ether oxygens (including phenoxy) is 1. The second kappa shape index (κ2) is 7.98. The van der Waals surface area contributed by atoms with E-state index in [1.807, 2.05) is 12.1 Å². The van der Waals surface area contributed by atoms with Crippen molar-refractivity contribution in [1.82, 2.24) is 5.32 Å². The molecular formula is C15H26N2O. The van der Waals surface area contributed by atoms with E-state index in [-0.39, 0.29) is 0 Å². The summed E-state index contributed by atoms with van der Waals surface area (Å²) in [6.07, 6.45) is 2.41. The van der Waals surface area contributed by atoms with Crippen molar-refractivity contribution in [1.29, 1.82) is 0 Å². The second-order valence-corrected chi connectivity index (χ2v) is 4.72. The van der Waals surface area contributed by atoms with Gasteiger partial charge in [-0.2, -0.15) is 0 Å². The maximum atomic E-state index is 5.24. The van der Waals surface area contributed by atoms with Gasteiger partial charge in [0.25, 0.3) is 0 Å². The van der Waals surface area contributed by atoms with E-state index >= 15 is 0 Å². The summed E-state index contributed by atoms with van der Waals surface area (Å²) < 4.78 is 5.24. The van der Waals surface area contributed by atoms with Crippen LogP contribution in [0.1, 0.15) is 26.7 Å². The molecule has 1 aromatic rings. The predicted molar refractivity (Wildman–Crippen MR) is 78.6 cm³/mol. The maximum absolute atomic E-state index is 5.24. The number of anilines is 1. The Hall–Kier alpha value is -1.22. The molecule has 1 rings (SSSR count). The molecule has 0 spiro atoms. The van der Waals surface area contributed by atoms with Crippen LogP contribution in [0.4, 0.5) is 5.69 Å². The summed E-state index contributed by atoms with van der Waals surface area (Å²) in [6, 6.07) is 8.81. The van der Waals surface area contributed by atoms with Crippen LogP contribution in [0.2, 0.25) is 0 Å². The maximum Gasteiger partial charge on any atom is 0.120 e. The summed E-state index contributed by atoms with van der Waals surface area (Å²) >= 11 is 0. The lowest BCUT2D eigenvalue weighted by Gasteiger charge is -2.21. The lowest BCUT2D eigenvalue weighted by molar-refractivity contribution is 0.415. The van der Waals surface area contributed by atoms with Crippen LogP contribution in [-0.2, 0) is 0 Å². The van der Waals surface area contributed by atoms with Crippen molar-refractivity contribution in [2.45, 2.75) is 32.7 Å². The zero-order valence-electron chi connectivity index (χ0n) is 12.1. The van der Waals surface area contributed by atoms with E-state index in [4.69, 9.17) is 4.74 Å². The highest BCUT2D eigenvalue weighted by molar-refractivity contribution is 5.49. The molecule has 0 aliphatic rings. The third-order valence-corrected chi connectivity index (χ3v) is 3.18. The van der Waals surface area contributed by atoms with Gasteiger partial charge in [-0.1, -0.05) is 13.0 Å². The van der Waals surface area contributed by atoms with Gasteiger partial charge in [0, 0.05) is 31.4 Å². The van der Waals surface area contributed by atoms with Crippen molar-refractivity contribution in [3.63, 3.8) is 0 Å². The average molecular weight is 250 g/mol. The molecule has 1 atom stereocenters. The molecule has 0 heterocycles. The molecule has 1 aromatic carbocycles. The lowest BCUT2D eigenvalue weighted by Crippen LogP contribution is -2.27. The molecule has 3 heteroatoms. The van der Waals surface area contributed by atoms with Gasteiger partial charge >= 0.3 is 0 Å². The van der Waals surface area contributed by atoms with Gasteiger partial charge in [-0.15, -0.1) is 0 Å². The molecule has 0 fully saturated rings. The van der Waals surface area contributed by atoms with Crippen LogP contribution in [0.15, 0.2) is 24.3 Å². The Bertz CT molecular complexity index is 341. The van der Waals surface area contributed by atoms with Crippen LogP contribution >= 0.6 is 0 Å². The minimum Gasteiger partial charge on any atom is -0.497 e. The van der Waals surface area contributed by atoms with Gasteiger partial charge in [-0.25, -0.2) is 0 Å². The fraction of sp³-hybridized carbons (Fsp3) is 0.600. The average Bonchev–Trinajstić information content (AvgIpc) is 2.39. The van der Waals surface area contributed by atoms with Gasteiger partial charge in [0.1, 0.15) is 5.75 Å². The number of nitrogens with zero attached hydrogens (tertiary/aromatic N) is 1. The van der Waals surface area contributed by atoms with E-state index in [2.05, 4.69) is 43.2 Å². The molecule has 0 saturated heterocycles. The Labute approximate surface area is 111 Å². The molecule has 0 aliphatic heterocycles. The first kappa shape index (κ1) is 14.8. The zero-order chi connectivity index (χ0) is 13.4. The van der Waals surface area contributed by atoms with Crippen molar-refractivity contribution >= 4 is 5.69 Å². The summed E-state index contributed by atoms with van der Waals surface area (Å²) in [5, 5.41) is 3.44. The highest BCUT2D eigenvalue weighted by Gasteiger charge is 2.04. The zero-order valence-corrected chi connectivity index (χ0v) is 12.1. The van der Waals surface area contributed by atoms with Crippen molar-refractivity contribution in [3.05, 3.63) is 24.3 Å². The number of rotatable bonds is 8. The molecule has 1 unspecified atom stereocenters. The molecule has 102 valence electrons. The van der Waals surface area contributed by atoms with Crippen LogP contribution < -0.4 is 15.0 Å². The van der Waals surface area contributed by atoms with Gasteiger partial charge < -0.3 is 15.0 Å². The van der Waals surface area contributed by atoms with E-state index in [9.17, 15) is 0 Å². The Morgan fingerprint density at radius 2 is 2.17 bits per heavy atom. The largest absolute Gasteiger partial charge is 0.497 e. The third kappa shape index (κ3) is 4.96. The summed E-state index contributed by atoms with van der Waals surface area (Å²) in [5.74, 6) is 0.917. The molecule has 3 nitrogen and oxygen atoms in total. The Morgan fingerprint density at radius 3 is 2.83 bits per heavy atom. The van der Waals surface area contributed by atoms with Gasteiger partial charge in [0.05, 0.1) is 7.11 Å². The van der Waals surface area contributed by atoms with E-state index in [0.717, 1.165) is 18.8 Å². The minimum absolute atomic E-state index is 0.605. The molecule has 0 bridgehead atoms. The van der Waals surface area contributed by atoms with Gasteiger partial charge in [0.15, 0.2) is 0 Å². The second-order valence-electron chi connectivity index (χ2n) is 4.72. The number of benzene rings is 1. The number of hydrogen-bond acceptors (Lipinski definition) is 3. The Morgan fingerprint density at radius 1 is 1.39 bits per heavy atom. The van der Waals surface area contributed by atoms with Crippen LogP contribution in [0.5, 0.6) is 5.75 Å². The first-order chi connectivity index (χ1) is 8.67. The Kier molecular flexibility index (Phi) is 6.58. The normalized spacial score (nSPS) is 12.2. The van der Waals surface area contributed by atoms with Crippen LogP contribution in [0, 0.1) is 0 Å². The van der Waals surface area contributed by atoms with E-state index in [0.29, 0.717) is 6.04 Å². The summed E-state index contributed by atoms with van der Waals surface area (Å²) in [5.41, 5.74) is 1.21. The molecular weight excluding hydrogens is 224 g/mol. The fourth-order valence-electron chi connectivity index (χ4n) is 2.06. The highest BCUT2D eigenvalue weighted by Crippen LogP contribution is 2.20. The monoisotopic (exact) mass is 250 g/mol. The highest BCUT2D eigenvalue weighted by atomic mass is 16.5. The van der Waals surface area contributed by atoms with E-state index < -0.39 is 0 Å². The molecule has 0 saturated carbocycles. The minimum atomic E-state index is 0.605.